The monoisotopic (exact) mass is 369 g/mol. The van der Waals surface area contributed by atoms with Crippen molar-refractivity contribution in [3.8, 4) is 11.4 Å². The minimum atomic E-state index is -3.54. The Morgan fingerprint density at radius 3 is 2.46 bits per heavy atom. The highest BCUT2D eigenvalue weighted by Crippen LogP contribution is 2.25. The summed E-state index contributed by atoms with van der Waals surface area (Å²) in [4.78, 5) is 9.16. The van der Waals surface area contributed by atoms with E-state index in [2.05, 4.69) is 9.97 Å². The van der Waals surface area contributed by atoms with Gasteiger partial charge in [0.15, 0.2) is 5.82 Å². The topological polar surface area (TPSA) is 63.2 Å². The number of hydrogen-bond acceptors (Lipinski definition) is 4. The second kappa shape index (κ2) is 6.59. The van der Waals surface area contributed by atoms with E-state index >= 15 is 0 Å². The van der Waals surface area contributed by atoms with Gasteiger partial charge in [0.1, 0.15) is 5.82 Å². The van der Waals surface area contributed by atoms with Gasteiger partial charge in [0, 0.05) is 36.8 Å². The second-order valence-corrected chi connectivity index (χ2v) is 8.01. The van der Waals surface area contributed by atoms with Crippen LogP contribution in [0.3, 0.4) is 0 Å². The van der Waals surface area contributed by atoms with E-state index in [0.29, 0.717) is 18.8 Å². The molecule has 4 rings (SSSR count). The highest BCUT2D eigenvalue weighted by atomic mass is 32.2. The van der Waals surface area contributed by atoms with Gasteiger partial charge in [0.25, 0.3) is 0 Å². The summed E-state index contributed by atoms with van der Waals surface area (Å²) in [5.41, 5.74) is 2.36. The summed E-state index contributed by atoms with van der Waals surface area (Å²) in [6.07, 6.45) is 2.17. The Morgan fingerprint density at radius 1 is 1.00 bits per heavy atom. The summed E-state index contributed by atoms with van der Waals surface area (Å²) in [5, 5.41) is 0. The van der Waals surface area contributed by atoms with Gasteiger partial charge in [0.2, 0.25) is 10.0 Å². The highest BCUT2D eigenvalue weighted by Gasteiger charge is 2.29. The molecule has 7 heteroatoms. The van der Waals surface area contributed by atoms with Crippen molar-refractivity contribution in [2.75, 3.05) is 6.54 Å². The fourth-order valence-electron chi connectivity index (χ4n) is 2.98. The molecule has 1 aliphatic rings. The molecule has 0 fully saturated rings. The fourth-order valence-corrected chi connectivity index (χ4v) is 4.41. The lowest BCUT2D eigenvalue weighted by molar-refractivity contribution is 0.387. The van der Waals surface area contributed by atoms with Gasteiger partial charge in [-0.2, -0.15) is 4.31 Å². The molecular formula is C19H16FN3O2S. The number of rotatable bonds is 3. The van der Waals surface area contributed by atoms with Gasteiger partial charge in [-0.15, -0.1) is 0 Å². The fraction of sp³-hybridized carbons (Fsp3) is 0.158. The largest absolute Gasteiger partial charge is 0.243 e. The van der Waals surface area contributed by atoms with E-state index in [1.165, 1.54) is 16.4 Å². The number of benzene rings is 2. The average Bonchev–Trinajstić information content (AvgIpc) is 2.68. The van der Waals surface area contributed by atoms with Crippen molar-refractivity contribution in [1.82, 2.24) is 14.3 Å². The van der Waals surface area contributed by atoms with Gasteiger partial charge in [-0.25, -0.2) is 22.8 Å². The molecule has 5 nitrogen and oxygen atoms in total. The van der Waals surface area contributed by atoms with Crippen LogP contribution in [0.25, 0.3) is 11.4 Å². The van der Waals surface area contributed by atoms with Crippen molar-refractivity contribution in [2.24, 2.45) is 0 Å². The molecule has 0 saturated carbocycles. The van der Waals surface area contributed by atoms with Gasteiger partial charge in [-0.1, -0.05) is 18.2 Å². The van der Waals surface area contributed by atoms with Gasteiger partial charge in [-0.05, 0) is 36.4 Å². The van der Waals surface area contributed by atoms with Crippen molar-refractivity contribution < 1.29 is 12.8 Å². The lowest BCUT2D eigenvalue weighted by Gasteiger charge is -2.27. The Bertz CT molecular complexity index is 1040. The van der Waals surface area contributed by atoms with Gasteiger partial charge in [0.05, 0.1) is 10.6 Å². The van der Waals surface area contributed by atoms with Crippen molar-refractivity contribution in [3.05, 3.63) is 77.9 Å². The second-order valence-electron chi connectivity index (χ2n) is 6.07. The molecule has 0 atom stereocenters. The Balaban J connectivity index is 1.61. The normalized spacial score (nSPS) is 14.8. The number of fused-ring (bicyclic) bond motifs is 1. The Hall–Kier alpha value is -2.64. The molecule has 0 bridgehead atoms. The van der Waals surface area contributed by atoms with E-state index in [1.807, 2.05) is 0 Å². The molecule has 0 spiro atoms. The standard InChI is InChI=1S/C19H16FN3O2S/c20-16-8-6-14(7-9-16)19-21-12-15-13-23(11-10-18(15)22-19)26(24,25)17-4-2-1-3-5-17/h1-9,12H,10-11,13H2. The third-order valence-electron chi connectivity index (χ3n) is 4.38. The van der Waals surface area contributed by atoms with Gasteiger partial charge >= 0.3 is 0 Å². The van der Waals surface area contributed by atoms with Crippen molar-refractivity contribution in [1.29, 1.82) is 0 Å². The molecule has 0 saturated heterocycles. The molecule has 0 unspecified atom stereocenters. The number of aromatic nitrogens is 2. The first-order valence-electron chi connectivity index (χ1n) is 8.20. The van der Waals surface area contributed by atoms with Crippen LogP contribution in [0.15, 0.2) is 65.7 Å². The molecule has 0 radical (unpaired) electrons. The number of halogens is 1. The molecule has 2 heterocycles. The van der Waals surface area contributed by atoms with Crippen molar-refractivity contribution in [2.45, 2.75) is 17.9 Å². The minimum absolute atomic E-state index is 0.246. The predicted octanol–water partition coefficient (Wildman–Crippen LogP) is 3.03. The van der Waals surface area contributed by atoms with Crippen LogP contribution in [0.5, 0.6) is 0 Å². The van der Waals surface area contributed by atoms with E-state index < -0.39 is 10.0 Å². The summed E-state index contributed by atoms with van der Waals surface area (Å²) in [7, 11) is -3.54. The number of nitrogens with zero attached hydrogens (tertiary/aromatic N) is 3. The van der Waals surface area contributed by atoms with Crippen LogP contribution in [0.4, 0.5) is 4.39 Å². The van der Waals surface area contributed by atoms with E-state index in [9.17, 15) is 12.8 Å². The molecule has 1 aliphatic heterocycles. The van der Waals surface area contributed by atoms with Crippen molar-refractivity contribution in [3.63, 3.8) is 0 Å². The smallest absolute Gasteiger partial charge is 0.236 e. The van der Waals surface area contributed by atoms with Crippen LogP contribution >= 0.6 is 0 Å². The first-order valence-corrected chi connectivity index (χ1v) is 9.64. The van der Waals surface area contributed by atoms with Gasteiger partial charge < -0.3 is 0 Å². The zero-order chi connectivity index (χ0) is 18.1. The van der Waals surface area contributed by atoms with E-state index in [-0.39, 0.29) is 17.3 Å². The van der Waals surface area contributed by atoms with Crippen LogP contribution in [0, 0.1) is 5.82 Å². The van der Waals surface area contributed by atoms with Crippen LogP contribution in [-0.2, 0) is 23.0 Å². The van der Waals surface area contributed by atoms with E-state index in [4.69, 9.17) is 0 Å². The zero-order valence-corrected chi connectivity index (χ0v) is 14.7. The summed E-state index contributed by atoms with van der Waals surface area (Å²) < 4.78 is 40.1. The van der Waals surface area contributed by atoms with Crippen LogP contribution < -0.4 is 0 Å². The van der Waals surface area contributed by atoms with E-state index in [1.54, 1.807) is 48.7 Å². The lowest BCUT2D eigenvalue weighted by atomic mass is 10.1. The first-order chi connectivity index (χ1) is 12.5. The quantitative estimate of drug-likeness (QED) is 0.712. The minimum Gasteiger partial charge on any atom is -0.236 e. The molecule has 3 aromatic rings. The first kappa shape index (κ1) is 16.8. The molecule has 26 heavy (non-hydrogen) atoms. The van der Waals surface area contributed by atoms with Crippen LogP contribution in [0.1, 0.15) is 11.3 Å². The Labute approximate surface area is 151 Å². The van der Waals surface area contributed by atoms with Crippen molar-refractivity contribution >= 4 is 10.0 Å². The highest BCUT2D eigenvalue weighted by molar-refractivity contribution is 7.89. The van der Waals surface area contributed by atoms with E-state index in [0.717, 1.165) is 16.8 Å². The molecule has 0 aliphatic carbocycles. The van der Waals surface area contributed by atoms with Crippen LogP contribution in [-0.4, -0.2) is 29.2 Å². The number of sulfonamides is 1. The van der Waals surface area contributed by atoms with Gasteiger partial charge in [-0.3, -0.25) is 0 Å². The molecule has 1 aromatic heterocycles. The van der Waals surface area contributed by atoms with Crippen LogP contribution in [0.2, 0.25) is 0 Å². The molecular weight excluding hydrogens is 353 g/mol. The third-order valence-corrected chi connectivity index (χ3v) is 6.24. The maximum atomic E-state index is 13.1. The SMILES string of the molecule is O=S(=O)(c1ccccc1)N1CCc2nc(-c3ccc(F)cc3)ncc2C1. The number of hydrogen-bond donors (Lipinski definition) is 0. The third kappa shape index (κ3) is 3.11. The summed E-state index contributed by atoms with van der Waals surface area (Å²) in [5.74, 6) is 0.205. The Morgan fingerprint density at radius 2 is 1.73 bits per heavy atom. The molecule has 2 aromatic carbocycles. The average molecular weight is 369 g/mol. The maximum Gasteiger partial charge on any atom is 0.243 e. The molecule has 132 valence electrons. The summed E-state index contributed by atoms with van der Waals surface area (Å²) in [6.45, 7) is 0.611. The predicted molar refractivity (Wildman–Crippen MR) is 95.2 cm³/mol. The maximum absolute atomic E-state index is 13.1. The zero-order valence-electron chi connectivity index (χ0n) is 13.8. The lowest BCUT2D eigenvalue weighted by Crippen LogP contribution is -2.36. The summed E-state index contributed by atoms with van der Waals surface area (Å²) >= 11 is 0. The summed E-state index contributed by atoms with van der Waals surface area (Å²) in [6, 6.07) is 14.4. The molecule has 0 N–H and O–H groups in total. The molecule has 0 amide bonds. The Kier molecular flexibility index (Phi) is 4.26.